The van der Waals surface area contributed by atoms with Crippen LogP contribution in [0.1, 0.15) is 29.7 Å². The molecular formula is C19H20N2O. The smallest absolute Gasteiger partial charge is 0.252 e. The van der Waals surface area contributed by atoms with Crippen LogP contribution in [-0.4, -0.2) is 4.98 Å². The van der Waals surface area contributed by atoms with E-state index in [2.05, 4.69) is 42.3 Å². The number of H-pyrrole nitrogens is 1. The predicted octanol–water partition coefficient (Wildman–Crippen LogP) is 3.69. The molecule has 0 saturated carbocycles. The Bertz CT molecular complexity index is 837. The van der Waals surface area contributed by atoms with Crippen molar-refractivity contribution >= 4 is 10.9 Å². The molecule has 0 amide bonds. The topological polar surface area (TPSA) is 44.9 Å². The standard InChI is InChI=1S/C19H20N2O/c1-13-8-9-18-16(10-13)11-17(19(22)21-18)12-20-14(2)15-6-4-3-5-7-15/h3-11,14,20H,12H2,1-2H3,(H,21,22). The minimum Gasteiger partial charge on any atom is -0.322 e. The highest BCUT2D eigenvalue weighted by molar-refractivity contribution is 5.79. The zero-order chi connectivity index (χ0) is 15.5. The van der Waals surface area contributed by atoms with Crippen LogP contribution in [0.2, 0.25) is 0 Å². The van der Waals surface area contributed by atoms with E-state index in [9.17, 15) is 4.79 Å². The van der Waals surface area contributed by atoms with E-state index in [1.165, 1.54) is 11.1 Å². The van der Waals surface area contributed by atoms with Crippen LogP contribution in [0.3, 0.4) is 0 Å². The molecule has 3 heteroatoms. The van der Waals surface area contributed by atoms with Gasteiger partial charge in [0.05, 0.1) is 0 Å². The number of aryl methyl sites for hydroxylation is 1. The summed E-state index contributed by atoms with van der Waals surface area (Å²) in [4.78, 5) is 15.1. The maximum atomic E-state index is 12.2. The number of aromatic amines is 1. The van der Waals surface area contributed by atoms with Gasteiger partial charge in [0.15, 0.2) is 0 Å². The lowest BCUT2D eigenvalue weighted by Crippen LogP contribution is -2.23. The molecule has 22 heavy (non-hydrogen) atoms. The molecule has 1 unspecified atom stereocenters. The van der Waals surface area contributed by atoms with Crippen LogP contribution in [0, 0.1) is 6.92 Å². The quantitative estimate of drug-likeness (QED) is 0.770. The lowest BCUT2D eigenvalue weighted by Gasteiger charge is -2.14. The van der Waals surface area contributed by atoms with E-state index in [1.807, 2.05) is 36.4 Å². The molecule has 0 spiro atoms. The number of pyridine rings is 1. The van der Waals surface area contributed by atoms with Crippen molar-refractivity contribution in [1.29, 1.82) is 0 Å². The second kappa shape index (κ2) is 6.16. The summed E-state index contributed by atoms with van der Waals surface area (Å²) >= 11 is 0. The maximum absolute atomic E-state index is 12.2. The van der Waals surface area contributed by atoms with Gasteiger partial charge in [0.1, 0.15) is 0 Å². The number of hydrogen-bond acceptors (Lipinski definition) is 2. The molecule has 0 saturated heterocycles. The van der Waals surface area contributed by atoms with E-state index in [0.717, 1.165) is 16.5 Å². The fourth-order valence-corrected chi connectivity index (χ4v) is 2.63. The number of nitrogens with one attached hydrogen (secondary N) is 2. The molecule has 3 rings (SSSR count). The Kier molecular flexibility index (Phi) is 4.07. The first-order valence-corrected chi connectivity index (χ1v) is 7.54. The van der Waals surface area contributed by atoms with Gasteiger partial charge in [-0.1, -0.05) is 42.0 Å². The average Bonchev–Trinajstić information content (AvgIpc) is 2.54. The summed E-state index contributed by atoms with van der Waals surface area (Å²) in [5.74, 6) is 0. The Morgan fingerprint density at radius 2 is 1.86 bits per heavy atom. The van der Waals surface area contributed by atoms with Crippen LogP contribution in [0.5, 0.6) is 0 Å². The van der Waals surface area contributed by atoms with Crippen LogP contribution in [0.15, 0.2) is 59.4 Å². The summed E-state index contributed by atoms with van der Waals surface area (Å²) < 4.78 is 0. The van der Waals surface area contributed by atoms with Crippen molar-refractivity contribution in [1.82, 2.24) is 10.3 Å². The lowest BCUT2D eigenvalue weighted by molar-refractivity contribution is 0.572. The molecule has 2 aromatic carbocycles. The minimum atomic E-state index is -0.0240. The highest BCUT2D eigenvalue weighted by Gasteiger charge is 2.07. The van der Waals surface area contributed by atoms with Gasteiger partial charge >= 0.3 is 0 Å². The van der Waals surface area contributed by atoms with Crippen molar-refractivity contribution in [3.63, 3.8) is 0 Å². The van der Waals surface area contributed by atoms with E-state index in [1.54, 1.807) is 0 Å². The molecule has 112 valence electrons. The van der Waals surface area contributed by atoms with Gasteiger partial charge in [0, 0.05) is 23.7 Å². The van der Waals surface area contributed by atoms with Gasteiger partial charge in [-0.2, -0.15) is 0 Å². The SMILES string of the molecule is Cc1ccc2[nH]c(=O)c(CNC(C)c3ccccc3)cc2c1. The molecule has 1 atom stereocenters. The summed E-state index contributed by atoms with van der Waals surface area (Å²) in [6.07, 6.45) is 0. The van der Waals surface area contributed by atoms with E-state index in [0.29, 0.717) is 6.54 Å². The van der Waals surface area contributed by atoms with Gasteiger partial charge < -0.3 is 10.3 Å². The fraction of sp³-hybridized carbons (Fsp3) is 0.211. The number of aromatic nitrogens is 1. The van der Waals surface area contributed by atoms with Gasteiger partial charge in [-0.25, -0.2) is 0 Å². The molecule has 3 nitrogen and oxygen atoms in total. The summed E-state index contributed by atoms with van der Waals surface area (Å²) in [6, 6.07) is 18.5. The van der Waals surface area contributed by atoms with Crippen molar-refractivity contribution in [2.45, 2.75) is 26.4 Å². The summed E-state index contributed by atoms with van der Waals surface area (Å²) in [7, 11) is 0. The van der Waals surface area contributed by atoms with Crippen molar-refractivity contribution in [2.24, 2.45) is 0 Å². The Labute approximate surface area is 130 Å². The Balaban J connectivity index is 1.82. The van der Waals surface area contributed by atoms with Gasteiger partial charge in [-0.3, -0.25) is 4.79 Å². The highest BCUT2D eigenvalue weighted by Crippen LogP contribution is 2.15. The van der Waals surface area contributed by atoms with Gasteiger partial charge in [-0.15, -0.1) is 0 Å². The zero-order valence-electron chi connectivity index (χ0n) is 12.9. The summed E-state index contributed by atoms with van der Waals surface area (Å²) in [5, 5.41) is 4.49. The molecule has 0 aliphatic rings. The lowest BCUT2D eigenvalue weighted by atomic mass is 10.1. The van der Waals surface area contributed by atoms with E-state index in [-0.39, 0.29) is 11.6 Å². The van der Waals surface area contributed by atoms with Crippen molar-refractivity contribution in [3.05, 3.63) is 81.6 Å². The Morgan fingerprint density at radius 3 is 2.64 bits per heavy atom. The molecule has 0 bridgehead atoms. The monoisotopic (exact) mass is 292 g/mol. The Morgan fingerprint density at radius 1 is 1.09 bits per heavy atom. The van der Waals surface area contributed by atoms with Gasteiger partial charge in [-0.05, 0) is 43.0 Å². The molecule has 2 N–H and O–H groups in total. The summed E-state index contributed by atoms with van der Waals surface area (Å²) in [5.41, 5.74) is 4.03. The van der Waals surface area contributed by atoms with Gasteiger partial charge in [0.2, 0.25) is 0 Å². The first-order chi connectivity index (χ1) is 10.6. The second-order valence-corrected chi connectivity index (χ2v) is 5.73. The van der Waals surface area contributed by atoms with Crippen LogP contribution in [0.4, 0.5) is 0 Å². The molecular weight excluding hydrogens is 272 g/mol. The number of benzene rings is 2. The number of fused-ring (bicyclic) bond motifs is 1. The molecule has 3 aromatic rings. The molecule has 0 radical (unpaired) electrons. The third-order valence-corrected chi connectivity index (χ3v) is 3.97. The van der Waals surface area contributed by atoms with Crippen molar-refractivity contribution in [3.8, 4) is 0 Å². The molecule has 1 aromatic heterocycles. The number of hydrogen-bond donors (Lipinski definition) is 2. The molecule has 1 heterocycles. The highest BCUT2D eigenvalue weighted by atomic mass is 16.1. The molecule has 0 aliphatic heterocycles. The maximum Gasteiger partial charge on any atom is 0.252 e. The first-order valence-electron chi connectivity index (χ1n) is 7.54. The first kappa shape index (κ1) is 14.5. The van der Waals surface area contributed by atoms with E-state index in [4.69, 9.17) is 0 Å². The molecule has 0 aliphatic carbocycles. The molecule has 0 fully saturated rings. The van der Waals surface area contributed by atoms with Gasteiger partial charge in [0.25, 0.3) is 5.56 Å². The van der Waals surface area contributed by atoms with Crippen LogP contribution in [-0.2, 0) is 6.54 Å². The third kappa shape index (κ3) is 3.10. The average molecular weight is 292 g/mol. The normalized spacial score (nSPS) is 12.5. The Hall–Kier alpha value is -2.39. The zero-order valence-corrected chi connectivity index (χ0v) is 12.9. The van der Waals surface area contributed by atoms with Crippen molar-refractivity contribution < 1.29 is 0 Å². The summed E-state index contributed by atoms with van der Waals surface area (Å²) in [6.45, 7) is 4.71. The van der Waals surface area contributed by atoms with E-state index >= 15 is 0 Å². The minimum absolute atomic E-state index is 0.0240. The number of rotatable bonds is 4. The third-order valence-electron chi connectivity index (χ3n) is 3.97. The largest absolute Gasteiger partial charge is 0.322 e. The fourth-order valence-electron chi connectivity index (χ4n) is 2.63. The second-order valence-electron chi connectivity index (χ2n) is 5.73. The van der Waals surface area contributed by atoms with Crippen LogP contribution < -0.4 is 10.9 Å². The van der Waals surface area contributed by atoms with Crippen molar-refractivity contribution in [2.75, 3.05) is 0 Å². The predicted molar refractivity (Wildman–Crippen MR) is 91.0 cm³/mol. The van der Waals surface area contributed by atoms with E-state index < -0.39 is 0 Å². The van der Waals surface area contributed by atoms with Crippen LogP contribution in [0.25, 0.3) is 10.9 Å². The van der Waals surface area contributed by atoms with Crippen LogP contribution >= 0.6 is 0 Å².